The first-order valence-corrected chi connectivity index (χ1v) is 4.59. The van der Waals surface area contributed by atoms with Crippen LogP contribution in [0, 0.1) is 0 Å². The summed E-state index contributed by atoms with van der Waals surface area (Å²) in [5.74, 6) is 0.406. The Kier molecular flexibility index (Phi) is 1.84. The summed E-state index contributed by atoms with van der Waals surface area (Å²) < 4.78 is 2.03. The highest BCUT2D eigenvalue weighted by atomic mass is 16.1. The van der Waals surface area contributed by atoms with Crippen molar-refractivity contribution in [3.8, 4) is 0 Å². The summed E-state index contributed by atoms with van der Waals surface area (Å²) in [4.78, 5) is 14.1. The van der Waals surface area contributed by atoms with E-state index in [0.29, 0.717) is 17.2 Å². The molecule has 0 aliphatic rings. The molecule has 0 saturated carbocycles. The van der Waals surface area contributed by atoms with E-state index in [4.69, 9.17) is 5.73 Å². The van der Waals surface area contributed by atoms with Crippen molar-refractivity contribution in [2.75, 3.05) is 5.73 Å². The average molecular weight is 191 g/mol. The number of nitrogen functional groups attached to an aromatic ring is 1. The molecule has 74 valence electrons. The van der Waals surface area contributed by atoms with Crippen molar-refractivity contribution in [3.63, 3.8) is 0 Å². The maximum absolute atomic E-state index is 11.5. The average Bonchev–Trinajstić information content (AvgIpc) is 2.47. The van der Waals surface area contributed by atoms with Crippen molar-refractivity contribution in [1.29, 1.82) is 0 Å². The van der Waals surface area contributed by atoms with Gasteiger partial charge in [0, 0.05) is 18.3 Å². The van der Waals surface area contributed by atoms with Crippen molar-refractivity contribution in [1.82, 2.24) is 9.55 Å². The van der Waals surface area contributed by atoms with E-state index < -0.39 is 0 Å². The highest BCUT2D eigenvalue weighted by Crippen LogP contribution is 2.17. The molecule has 0 aliphatic carbocycles. The number of rotatable bonds is 1. The summed E-state index contributed by atoms with van der Waals surface area (Å²) in [6, 6.07) is 3.93. The van der Waals surface area contributed by atoms with Gasteiger partial charge in [0.1, 0.15) is 5.82 Å². The quantitative estimate of drug-likeness (QED) is 0.717. The summed E-state index contributed by atoms with van der Waals surface area (Å²) in [6.07, 6.45) is 1.91. The predicted octanol–water partition coefficient (Wildman–Crippen LogP) is 1.49. The Morgan fingerprint density at radius 2 is 2.21 bits per heavy atom. The molecule has 2 rings (SSSR count). The smallest absolute Gasteiger partial charge is 0.258 e. The number of nitrogens with one attached hydrogen (secondary N) is 1. The zero-order chi connectivity index (χ0) is 10.3. The van der Waals surface area contributed by atoms with Crippen LogP contribution in [0.3, 0.4) is 0 Å². The van der Waals surface area contributed by atoms with E-state index >= 15 is 0 Å². The molecule has 2 aromatic rings. The van der Waals surface area contributed by atoms with Crippen molar-refractivity contribution in [2.24, 2.45) is 0 Å². The van der Waals surface area contributed by atoms with Gasteiger partial charge in [0.15, 0.2) is 0 Å². The first kappa shape index (κ1) is 8.87. The van der Waals surface area contributed by atoms with Crippen LogP contribution in [0.5, 0.6) is 0 Å². The minimum absolute atomic E-state index is 0.126. The molecule has 0 aliphatic heterocycles. The molecule has 2 aromatic heterocycles. The molecule has 0 saturated heterocycles. The largest absolute Gasteiger partial charge is 0.385 e. The van der Waals surface area contributed by atoms with Crippen LogP contribution < -0.4 is 11.3 Å². The van der Waals surface area contributed by atoms with Crippen LogP contribution in [0.15, 0.2) is 23.1 Å². The van der Waals surface area contributed by atoms with Crippen LogP contribution in [-0.4, -0.2) is 9.55 Å². The van der Waals surface area contributed by atoms with Crippen LogP contribution >= 0.6 is 0 Å². The van der Waals surface area contributed by atoms with Gasteiger partial charge in [-0.1, -0.05) is 0 Å². The number of nitrogens with zero attached hydrogens (tertiary/aromatic N) is 1. The molecule has 0 aromatic carbocycles. The number of fused-ring (bicyclic) bond motifs is 1. The minimum atomic E-state index is -0.126. The first-order valence-electron chi connectivity index (χ1n) is 4.59. The number of aromatic amines is 1. The fraction of sp³-hybridized carbons (Fsp3) is 0.300. The van der Waals surface area contributed by atoms with Gasteiger partial charge in [0.05, 0.1) is 10.9 Å². The Balaban J connectivity index is 2.85. The zero-order valence-electron chi connectivity index (χ0n) is 8.24. The summed E-state index contributed by atoms with van der Waals surface area (Å²) >= 11 is 0. The Morgan fingerprint density at radius 3 is 2.86 bits per heavy atom. The fourth-order valence-corrected chi connectivity index (χ4v) is 1.64. The van der Waals surface area contributed by atoms with Gasteiger partial charge < -0.3 is 15.3 Å². The van der Waals surface area contributed by atoms with Crippen LogP contribution in [0.4, 0.5) is 5.82 Å². The van der Waals surface area contributed by atoms with Gasteiger partial charge in [-0.25, -0.2) is 0 Å². The molecule has 0 spiro atoms. The van der Waals surface area contributed by atoms with Crippen molar-refractivity contribution in [2.45, 2.75) is 19.9 Å². The molecule has 0 bridgehead atoms. The van der Waals surface area contributed by atoms with Crippen molar-refractivity contribution < 1.29 is 0 Å². The summed E-state index contributed by atoms with van der Waals surface area (Å²) in [5, 5.41) is 0.688. The topological polar surface area (TPSA) is 63.8 Å². The Hall–Kier alpha value is -1.71. The van der Waals surface area contributed by atoms with Gasteiger partial charge in [0.2, 0.25) is 0 Å². The number of pyridine rings is 1. The van der Waals surface area contributed by atoms with Crippen LogP contribution in [0.2, 0.25) is 0 Å². The number of hydrogen-bond donors (Lipinski definition) is 2. The number of aromatic nitrogens is 2. The van der Waals surface area contributed by atoms with Crippen LogP contribution in [-0.2, 0) is 0 Å². The molecule has 0 radical (unpaired) electrons. The first-order chi connectivity index (χ1) is 6.59. The van der Waals surface area contributed by atoms with Crippen LogP contribution in [0.1, 0.15) is 19.9 Å². The van der Waals surface area contributed by atoms with E-state index in [2.05, 4.69) is 18.8 Å². The molecule has 0 unspecified atom stereocenters. The molecule has 0 atom stereocenters. The molecular weight excluding hydrogens is 178 g/mol. The maximum atomic E-state index is 11.5. The highest BCUT2D eigenvalue weighted by molar-refractivity contribution is 5.81. The number of H-pyrrole nitrogens is 1. The van der Waals surface area contributed by atoms with Crippen molar-refractivity contribution >= 4 is 16.7 Å². The highest BCUT2D eigenvalue weighted by Gasteiger charge is 2.07. The normalized spacial score (nSPS) is 11.4. The second-order valence-electron chi connectivity index (χ2n) is 3.67. The van der Waals surface area contributed by atoms with Crippen molar-refractivity contribution in [3.05, 3.63) is 28.7 Å². The molecule has 0 amide bonds. The second-order valence-corrected chi connectivity index (χ2v) is 3.67. The summed E-state index contributed by atoms with van der Waals surface area (Å²) in [5.41, 5.74) is 6.35. The Bertz CT molecular complexity index is 522. The molecule has 0 fully saturated rings. The van der Waals surface area contributed by atoms with Gasteiger partial charge in [-0.05, 0) is 19.9 Å². The van der Waals surface area contributed by atoms with E-state index in [1.807, 2.05) is 16.8 Å². The molecule has 14 heavy (non-hydrogen) atoms. The van der Waals surface area contributed by atoms with Gasteiger partial charge in [-0.2, -0.15) is 0 Å². The minimum Gasteiger partial charge on any atom is -0.385 e. The number of hydrogen-bond acceptors (Lipinski definition) is 2. The number of nitrogens with two attached hydrogens (primary N) is 1. The van der Waals surface area contributed by atoms with E-state index in [1.165, 1.54) is 0 Å². The third-order valence-corrected chi connectivity index (χ3v) is 2.31. The molecule has 4 heteroatoms. The SMILES string of the molecule is CC(C)n1ccc2c(=O)[nH]c(N)cc21. The Labute approximate surface area is 81.3 Å². The molecule has 2 heterocycles. The number of anilines is 1. The Morgan fingerprint density at radius 1 is 1.50 bits per heavy atom. The van der Waals surface area contributed by atoms with Gasteiger partial charge in [-0.3, -0.25) is 4.79 Å². The summed E-state index contributed by atoms with van der Waals surface area (Å²) in [7, 11) is 0. The standard InChI is InChI=1S/C10H13N3O/c1-6(2)13-4-3-7-8(13)5-9(11)12-10(7)14/h3-6H,1-2H3,(H3,11,12,14). The molecule has 3 N–H and O–H groups in total. The lowest BCUT2D eigenvalue weighted by Gasteiger charge is -2.08. The lowest BCUT2D eigenvalue weighted by molar-refractivity contribution is 0.623. The van der Waals surface area contributed by atoms with Gasteiger partial charge >= 0.3 is 0 Å². The predicted molar refractivity (Wildman–Crippen MR) is 57.4 cm³/mol. The van der Waals surface area contributed by atoms with E-state index in [-0.39, 0.29) is 5.56 Å². The zero-order valence-corrected chi connectivity index (χ0v) is 8.24. The second kappa shape index (κ2) is 2.90. The molecule has 4 nitrogen and oxygen atoms in total. The van der Waals surface area contributed by atoms with E-state index in [0.717, 1.165) is 5.52 Å². The lowest BCUT2D eigenvalue weighted by Crippen LogP contribution is -2.09. The third kappa shape index (κ3) is 1.19. The molecular formula is C10H13N3O. The van der Waals surface area contributed by atoms with Crippen LogP contribution in [0.25, 0.3) is 10.9 Å². The third-order valence-electron chi connectivity index (χ3n) is 2.31. The van der Waals surface area contributed by atoms with E-state index in [1.54, 1.807) is 6.07 Å². The lowest BCUT2D eigenvalue weighted by atomic mass is 10.3. The summed E-state index contributed by atoms with van der Waals surface area (Å²) in [6.45, 7) is 4.13. The van der Waals surface area contributed by atoms with Gasteiger partial charge in [-0.15, -0.1) is 0 Å². The monoisotopic (exact) mass is 191 g/mol. The fourth-order valence-electron chi connectivity index (χ4n) is 1.64. The van der Waals surface area contributed by atoms with E-state index in [9.17, 15) is 4.79 Å². The maximum Gasteiger partial charge on any atom is 0.258 e. The van der Waals surface area contributed by atoms with Gasteiger partial charge in [0.25, 0.3) is 5.56 Å².